The second-order valence-electron chi connectivity index (χ2n) is 5.37. The zero-order valence-corrected chi connectivity index (χ0v) is 13.3. The number of sulfonamides is 1. The van der Waals surface area contributed by atoms with E-state index in [1.165, 1.54) is 21.9 Å². The van der Waals surface area contributed by atoms with Gasteiger partial charge < -0.3 is 9.64 Å². The van der Waals surface area contributed by atoms with Gasteiger partial charge in [0.1, 0.15) is 5.69 Å². The van der Waals surface area contributed by atoms with Crippen molar-refractivity contribution < 1.29 is 17.9 Å². The Morgan fingerprint density at radius 1 is 1.43 bits per heavy atom. The average molecular weight is 331 g/mol. The Bertz CT molecular complexity index is 616. The van der Waals surface area contributed by atoms with Crippen molar-refractivity contribution in [3.05, 3.63) is 16.6 Å². The van der Waals surface area contributed by atoms with Gasteiger partial charge in [-0.15, -0.1) is 11.3 Å². The lowest BCUT2D eigenvalue weighted by Gasteiger charge is -2.21. The second kappa shape index (κ2) is 5.64. The van der Waals surface area contributed by atoms with Gasteiger partial charge in [-0.25, -0.2) is 13.4 Å². The highest BCUT2D eigenvalue weighted by Gasteiger charge is 2.40. The van der Waals surface area contributed by atoms with Crippen LogP contribution in [0.4, 0.5) is 0 Å². The fourth-order valence-corrected chi connectivity index (χ4v) is 4.21. The van der Waals surface area contributed by atoms with Crippen molar-refractivity contribution in [3.63, 3.8) is 0 Å². The molecule has 0 N–H and O–H groups in total. The van der Waals surface area contributed by atoms with Crippen LogP contribution >= 0.6 is 11.3 Å². The average Bonchev–Trinajstić information content (AvgIpc) is 3.03. The van der Waals surface area contributed by atoms with Crippen molar-refractivity contribution in [1.82, 2.24) is 14.2 Å². The maximum absolute atomic E-state index is 12.3. The minimum Gasteiger partial charge on any atom is -0.375 e. The Labute approximate surface area is 127 Å². The van der Waals surface area contributed by atoms with Crippen molar-refractivity contribution in [2.75, 3.05) is 39.0 Å². The summed E-state index contributed by atoms with van der Waals surface area (Å²) >= 11 is 1.38. The number of fused-ring (bicyclic) bond motifs is 1. The standard InChI is InChI=1S/C12H17N3O4S2/c1-21(17,18)15-2-3-19-11-6-14(4-9(11)5-15)12(16)10-7-20-8-13-10/h7-9,11H,2-6H2,1H3/t9-,11-/m1/s1. The second-order valence-corrected chi connectivity index (χ2v) is 8.08. The molecule has 0 saturated carbocycles. The monoisotopic (exact) mass is 331 g/mol. The predicted octanol–water partition coefficient (Wildman–Crippen LogP) is -0.125. The number of rotatable bonds is 2. The molecule has 2 saturated heterocycles. The number of nitrogens with zero attached hydrogens (tertiary/aromatic N) is 3. The molecule has 116 valence electrons. The third kappa shape index (κ3) is 3.10. The van der Waals surface area contributed by atoms with Crippen molar-refractivity contribution in [2.24, 2.45) is 5.92 Å². The number of hydrogen-bond donors (Lipinski definition) is 0. The summed E-state index contributed by atoms with van der Waals surface area (Å²) in [5, 5.41) is 1.72. The zero-order chi connectivity index (χ0) is 15.0. The molecular weight excluding hydrogens is 314 g/mol. The minimum absolute atomic E-state index is 0.0183. The Morgan fingerprint density at radius 2 is 2.24 bits per heavy atom. The summed E-state index contributed by atoms with van der Waals surface area (Å²) < 4.78 is 30.6. The smallest absolute Gasteiger partial charge is 0.273 e. The van der Waals surface area contributed by atoms with Gasteiger partial charge in [0, 0.05) is 37.5 Å². The van der Waals surface area contributed by atoms with Crippen molar-refractivity contribution in [2.45, 2.75) is 6.10 Å². The predicted molar refractivity (Wildman–Crippen MR) is 77.7 cm³/mol. The first-order chi connectivity index (χ1) is 9.95. The molecule has 21 heavy (non-hydrogen) atoms. The van der Waals surface area contributed by atoms with E-state index in [1.54, 1.807) is 15.8 Å². The number of ether oxygens (including phenoxy) is 1. The van der Waals surface area contributed by atoms with Gasteiger partial charge in [0.15, 0.2) is 0 Å². The van der Waals surface area contributed by atoms with E-state index in [9.17, 15) is 13.2 Å². The van der Waals surface area contributed by atoms with Gasteiger partial charge in [-0.2, -0.15) is 4.31 Å². The van der Waals surface area contributed by atoms with E-state index in [2.05, 4.69) is 4.98 Å². The summed E-state index contributed by atoms with van der Waals surface area (Å²) in [6.07, 6.45) is 1.11. The van der Waals surface area contributed by atoms with Crippen LogP contribution in [0, 0.1) is 5.92 Å². The minimum atomic E-state index is -3.23. The van der Waals surface area contributed by atoms with Crippen LogP contribution in [0.5, 0.6) is 0 Å². The molecule has 1 amide bonds. The quantitative estimate of drug-likeness (QED) is 0.754. The van der Waals surface area contributed by atoms with Gasteiger partial charge in [-0.3, -0.25) is 4.79 Å². The number of thiazole rings is 1. The van der Waals surface area contributed by atoms with Gasteiger partial charge in [-0.1, -0.05) is 0 Å². The van der Waals surface area contributed by atoms with Crippen LogP contribution < -0.4 is 0 Å². The van der Waals surface area contributed by atoms with Crippen LogP contribution in [0.1, 0.15) is 10.5 Å². The molecule has 0 unspecified atom stereocenters. The zero-order valence-electron chi connectivity index (χ0n) is 11.6. The Hall–Kier alpha value is -1.03. The molecule has 3 heterocycles. The topological polar surface area (TPSA) is 79.8 Å². The molecule has 0 radical (unpaired) electrons. The van der Waals surface area contributed by atoms with Crippen LogP contribution in [0.3, 0.4) is 0 Å². The molecule has 1 aromatic rings. The van der Waals surface area contributed by atoms with Gasteiger partial charge in [0.25, 0.3) is 5.91 Å². The molecule has 0 spiro atoms. The van der Waals surface area contributed by atoms with Crippen LogP contribution in [-0.2, 0) is 14.8 Å². The fourth-order valence-electron chi connectivity index (χ4n) is 2.81. The normalized spacial score (nSPS) is 27.4. The summed E-state index contributed by atoms with van der Waals surface area (Å²) in [4.78, 5) is 18.0. The van der Waals surface area contributed by atoms with Crippen LogP contribution in [0.25, 0.3) is 0 Å². The molecule has 7 nitrogen and oxygen atoms in total. The van der Waals surface area contributed by atoms with E-state index in [1.807, 2.05) is 0 Å². The van der Waals surface area contributed by atoms with Crippen molar-refractivity contribution in [3.8, 4) is 0 Å². The Balaban J connectivity index is 1.72. The molecule has 1 aromatic heterocycles. The maximum atomic E-state index is 12.3. The number of carbonyl (C=O) groups is 1. The van der Waals surface area contributed by atoms with Gasteiger partial charge in [-0.05, 0) is 0 Å². The molecule has 2 aliphatic heterocycles. The molecule has 0 aliphatic carbocycles. The molecule has 0 aromatic carbocycles. The number of aromatic nitrogens is 1. The lowest BCUT2D eigenvalue weighted by Crippen LogP contribution is -2.37. The molecule has 3 rings (SSSR count). The number of hydrogen-bond acceptors (Lipinski definition) is 6. The van der Waals surface area contributed by atoms with E-state index < -0.39 is 10.0 Å². The van der Waals surface area contributed by atoms with Crippen LogP contribution in [0.2, 0.25) is 0 Å². The molecule has 2 aliphatic rings. The van der Waals surface area contributed by atoms with Gasteiger partial charge in [0.05, 0.1) is 24.5 Å². The van der Waals surface area contributed by atoms with Crippen LogP contribution in [0.15, 0.2) is 10.9 Å². The highest BCUT2D eigenvalue weighted by molar-refractivity contribution is 7.88. The first-order valence-electron chi connectivity index (χ1n) is 6.69. The van der Waals surface area contributed by atoms with E-state index >= 15 is 0 Å². The maximum Gasteiger partial charge on any atom is 0.273 e. The van der Waals surface area contributed by atoms with Gasteiger partial charge in [0.2, 0.25) is 10.0 Å². The van der Waals surface area contributed by atoms with E-state index in [-0.39, 0.29) is 17.9 Å². The van der Waals surface area contributed by atoms with E-state index in [0.29, 0.717) is 38.5 Å². The number of carbonyl (C=O) groups excluding carboxylic acids is 1. The summed E-state index contributed by atoms with van der Waals surface area (Å²) in [6.45, 7) is 2.16. The van der Waals surface area contributed by atoms with Crippen LogP contribution in [-0.4, -0.2) is 73.7 Å². The van der Waals surface area contributed by atoms with E-state index in [0.717, 1.165) is 0 Å². The molecule has 9 heteroatoms. The van der Waals surface area contributed by atoms with Crippen molar-refractivity contribution >= 4 is 27.3 Å². The Kier molecular flexibility index (Phi) is 4.00. The SMILES string of the molecule is CS(=O)(=O)N1CCO[C@@H]2CN(C(=O)c3cscn3)C[C@@H]2C1. The summed E-state index contributed by atoms with van der Waals surface area (Å²) in [6, 6.07) is 0. The molecular formula is C12H17N3O4S2. The van der Waals surface area contributed by atoms with E-state index in [4.69, 9.17) is 4.74 Å². The molecule has 2 fully saturated rings. The highest BCUT2D eigenvalue weighted by Crippen LogP contribution is 2.25. The highest BCUT2D eigenvalue weighted by atomic mass is 32.2. The number of amides is 1. The summed E-state index contributed by atoms with van der Waals surface area (Å²) in [5.41, 5.74) is 2.07. The van der Waals surface area contributed by atoms with Crippen molar-refractivity contribution in [1.29, 1.82) is 0 Å². The molecule has 2 atom stereocenters. The first-order valence-corrected chi connectivity index (χ1v) is 9.48. The largest absolute Gasteiger partial charge is 0.375 e. The van der Waals surface area contributed by atoms with Gasteiger partial charge >= 0.3 is 0 Å². The third-order valence-corrected chi connectivity index (χ3v) is 5.76. The lowest BCUT2D eigenvalue weighted by molar-refractivity contribution is 0.0490. The summed E-state index contributed by atoms with van der Waals surface area (Å²) in [7, 11) is -3.23. The summed E-state index contributed by atoms with van der Waals surface area (Å²) in [5.74, 6) is -0.0939. The number of likely N-dealkylation sites (tertiary alicyclic amines) is 1. The first kappa shape index (κ1) is 14.9. The third-order valence-electron chi connectivity index (χ3n) is 3.90. The lowest BCUT2D eigenvalue weighted by atomic mass is 10.1. The molecule has 0 bridgehead atoms. The Morgan fingerprint density at radius 3 is 2.90 bits per heavy atom. The fraction of sp³-hybridized carbons (Fsp3) is 0.667.